The molecule has 0 bridgehead atoms. The van der Waals surface area contributed by atoms with Gasteiger partial charge in [-0.3, -0.25) is 0 Å². The van der Waals surface area contributed by atoms with Crippen LogP contribution in [0.2, 0.25) is 15.1 Å². The van der Waals surface area contributed by atoms with Gasteiger partial charge in [-0.05, 0) is 23.9 Å². The SMILES string of the molecule is ClNNc1cc(Cl)c(Cl)cc1Cl. The van der Waals surface area contributed by atoms with E-state index in [2.05, 4.69) is 10.4 Å². The summed E-state index contributed by atoms with van der Waals surface area (Å²) in [5.41, 5.74) is 3.15. The van der Waals surface area contributed by atoms with Crippen LogP contribution in [0.4, 0.5) is 5.69 Å². The lowest BCUT2D eigenvalue weighted by atomic mass is 10.3. The fourth-order valence-corrected chi connectivity index (χ4v) is 1.37. The van der Waals surface area contributed by atoms with Crippen molar-refractivity contribution in [2.45, 2.75) is 0 Å². The molecule has 0 radical (unpaired) electrons. The summed E-state index contributed by atoms with van der Waals surface area (Å²) in [7, 11) is 0. The normalized spacial score (nSPS) is 10.0. The number of hydrazine groups is 1. The molecule has 12 heavy (non-hydrogen) atoms. The minimum Gasteiger partial charge on any atom is -0.306 e. The fourth-order valence-electron chi connectivity index (χ4n) is 0.669. The first kappa shape index (κ1) is 10.2. The Labute approximate surface area is 89.8 Å². The van der Waals surface area contributed by atoms with Crippen molar-refractivity contribution >= 4 is 52.3 Å². The van der Waals surface area contributed by atoms with Gasteiger partial charge >= 0.3 is 0 Å². The molecule has 0 spiro atoms. The molecule has 0 aliphatic heterocycles. The van der Waals surface area contributed by atoms with E-state index in [9.17, 15) is 0 Å². The van der Waals surface area contributed by atoms with Gasteiger partial charge in [-0.15, -0.1) is 4.94 Å². The van der Waals surface area contributed by atoms with Gasteiger partial charge in [-0.2, -0.15) is 0 Å². The van der Waals surface area contributed by atoms with Crippen molar-refractivity contribution in [1.29, 1.82) is 0 Å². The Morgan fingerprint density at radius 1 is 0.917 bits per heavy atom. The Hall–Kier alpha value is 0.140. The van der Waals surface area contributed by atoms with Crippen molar-refractivity contribution in [3.05, 3.63) is 27.2 Å². The van der Waals surface area contributed by atoms with E-state index in [1.54, 1.807) is 6.07 Å². The average molecular weight is 246 g/mol. The highest BCUT2D eigenvalue weighted by Crippen LogP contribution is 2.31. The number of hydrogen-bond donors (Lipinski definition) is 2. The maximum atomic E-state index is 5.78. The summed E-state index contributed by atoms with van der Waals surface area (Å²) in [6.45, 7) is 0. The topological polar surface area (TPSA) is 24.1 Å². The Balaban J connectivity index is 3.05. The number of halogens is 4. The minimum atomic E-state index is 0.404. The van der Waals surface area contributed by atoms with Crippen molar-refractivity contribution in [3.8, 4) is 0 Å². The molecule has 2 nitrogen and oxygen atoms in total. The molecule has 0 atom stereocenters. The number of rotatable bonds is 2. The minimum absolute atomic E-state index is 0.404. The average Bonchev–Trinajstić information content (AvgIpc) is 2.01. The number of nitrogens with one attached hydrogen (secondary N) is 2. The molecule has 0 aliphatic carbocycles. The number of benzene rings is 1. The van der Waals surface area contributed by atoms with Crippen LogP contribution in [0.15, 0.2) is 12.1 Å². The zero-order chi connectivity index (χ0) is 9.14. The van der Waals surface area contributed by atoms with Gasteiger partial charge in [0.2, 0.25) is 0 Å². The summed E-state index contributed by atoms with van der Waals surface area (Å²) in [4.78, 5) is 2.21. The second-order valence-corrected chi connectivity index (χ2v) is 3.38. The van der Waals surface area contributed by atoms with E-state index in [1.807, 2.05) is 0 Å². The molecule has 0 aliphatic rings. The summed E-state index contributed by atoms with van der Waals surface area (Å²) in [5.74, 6) is 0. The van der Waals surface area contributed by atoms with Gasteiger partial charge in [-0.25, -0.2) is 0 Å². The lowest BCUT2D eigenvalue weighted by Gasteiger charge is -2.06. The summed E-state index contributed by atoms with van der Waals surface area (Å²) >= 11 is 22.4. The molecule has 0 fully saturated rings. The molecule has 0 saturated heterocycles. The van der Waals surface area contributed by atoms with Crippen LogP contribution in [0.1, 0.15) is 0 Å². The smallest absolute Gasteiger partial charge is 0.0702 e. The van der Waals surface area contributed by atoms with Gasteiger partial charge in [0.15, 0.2) is 0 Å². The standard InChI is InChI=1S/C6H4Cl4N2/c7-3-1-5(9)6(11-12-10)2-4(3)8/h1-2,11-12H. The van der Waals surface area contributed by atoms with Crippen molar-refractivity contribution in [2.24, 2.45) is 0 Å². The third-order valence-electron chi connectivity index (χ3n) is 1.19. The first-order valence-corrected chi connectivity index (χ1v) is 4.42. The molecule has 66 valence electrons. The maximum Gasteiger partial charge on any atom is 0.0702 e. The highest BCUT2D eigenvalue weighted by Gasteiger charge is 2.04. The van der Waals surface area contributed by atoms with Gasteiger partial charge in [0.05, 0.1) is 20.8 Å². The van der Waals surface area contributed by atoms with E-state index >= 15 is 0 Å². The van der Waals surface area contributed by atoms with E-state index in [-0.39, 0.29) is 0 Å². The van der Waals surface area contributed by atoms with E-state index < -0.39 is 0 Å². The highest BCUT2D eigenvalue weighted by atomic mass is 35.5. The van der Waals surface area contributed by atoms with Crippen molar-refractivity contribution in [2.75, 3.05) is 5.43 Å². The van der Waals surface area contributed by atoms with Gasteiger partial charge in [-0.1, -0.05) is 34.8 Å². The Morgan fingerprint density at radius 3 is 2.08 bits per heavy atom. The predicted molar refractivity (Wildman–Crippen MR) is 54.1 cm³/mol. The van der Waals surface area contributed by atoms with E-state index in [4.69, 9.17) is 46.6 Å². The molecule has 0 saturated carbocycles. The molecule has 0 heterocycles. The Morgan fingerprint density at radius 2 is 1.50 bits per heavy atom. The van der Waals surface area contributed by atoms with Crippen LogP contribution in [0, 0.1) is 0 Å². The largest absolute Gasteiger partial charge is 0.306 e. The quantitative estimate of drug-likeness (QED) is 0.472. The van der Waals surface area contributed by atoms with Crippen molar-refractivity contribution in [1.82, 2.24) is 4.94 Å². The van der Waals surface area contributed by atoms with Crippen LogP contribution in [-0.4, -0.2) is 0 Å². The zero-order valence-electron chi connectivity index (χ0n) is 5.67. The lowest BCUT2D eigenvalue weighted by Crippen LogP contribution is -2.08. The molecular weight excluding hydrogens is 242 g/mol. The Kier molecular flexibility index (Phi) is 3.75. The van der Waals surface area contributed by atoms with E-state index in [0.29, 0.717) is 20.8 Å². The summed E-state index contributed by atoms with van der Waals surface area (Å²) in [6.07, 6.45) is 0. The fraction of sp³-hybridized carbons (Fsp3) is 0. The molecule has 0 amide bonds. The number of anilines is 1. The molecular formula is C6H4Cl4N2. The summed E-state index contributed by atoms with van der Waals surface area (Å²) in [5, 5.41) is 1.26. The monoisotopic (exact) mass is 244 g/mol. The molecule has 1 aromatic carbocycles. The van der Waals surface area contributed by atoms with Crippen LogP contribution in [-0.2, 0) is 0 Å². The summed E-state index contributed by atoms with van der Waals surface area (Å²) in [6, 6.07) is 3.10. The van der Waals surface area contributed by atoms with E-state index in [1.165, 1.54) is 6.07 Å². The van der Waals surface area contributed by atoms with Gasteiger partial charge < -0.3 is 5.43 Å². The highest BCUT2D eigenvalue weighted by molar-refractivity contribution is 6.44. The zero-order valence-corrected chi connectivity index (χ0v) is 8.69. The lowest BCUT2D eigenvalue weighted by molar-refractivity contribution is 1.20. The summed E-state index contributed by atoms with van der Waals surface area (Å²) < 4.78 is 0. The third-order valence-corrected chi connectivity index (χ3v) is 2.32. The molecule has 0 unspecified atom stereocenters. The molecule has 1 rings (SSSR count). The van der Waals surface area contributed by atoms with Crippen LogP contribution < -0.4 is 10.4 Å². The van der Waals surface area contributed by atoms with Gasteiger partial charge in [0, 0.05) is 0 Å². The van der Waals surface area contributed by atoms with Crippen LogP contribution in [0.25, 0.3) is 0 Å². The van der Waals surface area contributed by atoms with Crippen LogP contribution in [0.5, 0.6) is 0 Å². The third kappa shape index (κ3) is 2.31. The van der Waals surface area contributed by atoms with Crippen molar-refractivity contribution in [3.63, 3.8) is 0 Å². The predicted octanol–water partition coefficient (Wildman–Crippen LogP) is 3.72. The second kappa shape index (κ2) is 4.40. The Bertz CT molecular complexity index is 289. The first-order valence-electron chi connectivity index (χ1n) is 2.91. The van der Waals surface area contributed by atoms with Gasteiger partial charge in [0.1, 0.15) is 0 Å². The molecule has 0 aromatic heterocycles. The first-order chi connectivity index (χ1) is 5.65. The maximum absolute atomic E-state index is 5.78. The molecule has 6 heteroatoms. The van der Waals surface area contributed by atoms with E-state index in [0.717, 1.165) is 0 Å². The molecule has 2 N–H and O–H groups in total. The van der Waals surface area contributed by atoms with Crippen LogP contribution in [0.3, 0.4) is 0 Å². The second-order valence-electron chi connectivity index (χ2n) is 1.97. The molecule has 1 aromatic rings. The number of hydrogen-bond acceptors (Lipinski definition) is 2. The van der Waals surface area contributed by atoms with Gasteiger partial charge in [0.25, 0.3) is 0 Å². The van der Waals surface area contributed by atoms with Crippen LogP contribution >= 0.6 is 46.6 Å². The van der Waals surface area contributed by atoms with Crippen molar-refractivity contribution < 1.29 is 0 Å².